The molecule has 0 radical (unpaired) electrons. The Labute approximate surface area is 116 Å². The third kappa shape index (κ3) is 5.61. The van der Waals surface area contributed by atoms with Gasteiger partial charge in [0.05, 0.1) is 13.5 Å². The van der Waals surface area contributed by atoms with Gasteiger partial charge in [-0.15, -0.1) is 0 Å². The Morgan fingerprint density at radius 1 is 1.42 bits per heavy atom. The molecule has 0 aromatic heterocycles. The number of ether oxygens (including phenoxy) is 2. The van der Waals surface area contributed by atoms with Crippen LogP contribution in [0.25, 0.3) is 0 Å². The number of hydrogen-bond donors (Lipinski definition) is 1. The number of carbonyl (C=O) groups is 2. The third-order valence-electron chi connectivity index (χ3n) is 2.33. The quantitative estimate of drug-likeness (QED) is 0.809. The van der Waals surface area contributed by atoms with Crippen molar-refractivity contribution in [3.63, 3.8) is 0 Å². The van der Waals surface area contributed by atoms with Gasteiger partial charge in [-0.1, -0.05) is 17.7 Å². The number of amides is 1. The molecule has 5 nitrogen and oxygen atoms in total. The summed E-state index contributed by atoms with van der Waals surface area (Å²) >= 11 is 5.81. The molecule has 0 saturated heterocycles. The van der Waals surface area contributed by atoms with Gasteiger partial charge in [0.25, 0.3) is 5.91 Å². The molecule has 0 aliphatic heterocycles. The van der Waals surface area contributed by atoms with Crippen molar-refractivity contribution >= 4 is 23.5 Å². The number of hydrogen-bond acceptors (Lipinski definition) is 4. The number of halogens is 1. The number of methoxy groups -OCH3 is 1. The minimum absolute atomic E-state index is 0.131. The highest BCUT2D eigenvalue weighted by molar-refractivity contribution is 6.30. The number of carbonyl (C=O) groups excluding carboxylic acids is 2. The summed E-state index contributed by atoms with van der Waals surface area (Å²) < 4.78 is 9.89. The average Bonchev–Trinajstić information content (AvgIpc) is 2.38. The molecule has 6 heteroatoms. The Balaban J connectivity index is 2.38. The lowest BCUT2D eigenvalue weighted by atomic mass is 10.3. The van der Waals surface area contributed by atoms with Gasteiger partial charge in [0.2, 0.25) is 0 Å². The first-order valence-electron chi connectivity index (χ1n) is 5.79. The highest BCUT2D eigenvalue weighted by atomic mass is 35.5. The van der Waals surface area contributed by atoms with Gasteiger partial charge in [0, 0.05) is 11.6 Å². The highest BCUT2D eigenvalue weighted by Gasteiger charge is 2.14. The topological polar surface area (TPSA) is 64.6 Å². The smallest absolute Gasteiger partial charge is 0.307 e. The molecule has 1 N–H and O–H groups in total. The van der Waals surface area contributed by atoms with Crippen LogP contribution < -0.4 is 10.1 Å². The fourth-order valence-corrected chi connectivity index (χ4v) is 1.51. The van der Waals surface area contributed by atoms with Crippen LogP contribution in [0.1, 0.15) is 13.3 Å². The maximum absolute atomic E-state index is 11.7. The average molecular weight is 286 g/mol. The molecular weight excluding hydrogens is 270 g/mol. The lowest BCUT2D eigenvalue weighted by molar-refractivity contribution is -0.140. The largest absolute Gasteiger partial charge is 0.481 e. The lowest BCUT2D eigenvalue weighted by Gasteiger charge is -2.14. The Hall–Kier alpha value is -1.75. The first-order valence-corrected chi connectivity index (χ1v) is 6.17. The summed E-state index contributed by atoms with van der Waals surface area (Å²) in [4.78, 5) is 22.6. The van der Waals surface area contributed by atoms with Crippen LogP contribution in [0.3, 0.4) is 0 Å². The second-order valence-corrected chi connectivity index (χ2v) is 4.27. The van der Waals surface area contributed by atoms with Crippen molar-refractivity contribution in [1.82, 2.24) is 5.32 Å². The third-order valence-corrected chi connectivity index (χ3v) is 2.57. The summed E-state index contributed by atoms with van der Waals surface area (Å²) in [5, 5.41) is 3.12. The zero-order chi connectivity index (χ0) is 14.3. The van der Waals surface area contributed by atoms with E-state index in [2.05, 4.69) is 10.1 Å². The monoisotopic (exact) mass is 285 g/mol. The lowest BCUT2D eigenvalue weighted by Crippen LogP contribution is -2.37. The first-order chi connectivity index (χ1) is 9.02. The summed E-state index contributed by atoms with van der Waals surface area (Å²) in [6.07, 6.45) is -0.539. The minimum atomic E-state index is -0.670. The molecule has 0 heterocycles. The Morgan fingerprint density at radius 2 is 2.16 bits per heavy atom. The summed E-state index contributed by atoms with van der Waals surface area (Å²) in [6, 6.07) is 6.79. The van der Waals surface area contributed by atoms with Crippen LogP contribution in [0.2, 0.25) is 5.02 Å². The maximum atomic E-state index is 11.7. The molecule has 1 unspecified atom stereocenters. The molecule has 1 atom stereocenters. The van der Waals surface area contributed by atoms with Crippen molar-refractivity contribution < 1.29 is 19.1 Å². The van der Waals surface area contributed by atoms with Crippen LogP contribution in [0.5, 0.6) is 5.75 Å². The van der Waals surface area contributed by atoms with Crippen LogP contribution in [-0.2, 0) is 14.3 Å². The molecule has 1 rings (SSSR count). The molecule has 1 aromatic rings. The van der Waals surface area contributed by atoms with E-state index in [1.165, 1.54) is 7.11 Å². The Morgan fingerprint density at radius 3 is 2.79 bits per heavy atom. The van der Waals surface area contributed by atoms with Crippen molar-refractivity contribution in [3.8, 4) is 5.75 Å². The molecule has 0 bridgehead atoms. The fourth-order valence-electron chi connectivity index (χ4n) is 1.33. The van der Waals surface area contributed by atoms with E-state index in [4.69, 9.17) is 16.3 Å². The van der Waals surface area contributed by atoms with E-state index < -0.39 is 6.10 Å². The van der Waals surface area contributed by atoms with Crippen LogP contribution >= 0.6 is 11.6 Å². The molecule has 1 amide bonds. The van der Waals surface area contributed by atoms with Crippen molar-refractivity contribution in [2.45, 2.75) is 19.4 Å². The van der Waals surface area contributed by atoms with E-state index in [9.17, 15) is 9.59 Å². The zero-order valence-corrected chi connectivity index (χ0v) is 11.6. The van der Waals surface area contributed by atoms with Gasteiger partial charge < -0.3 is 14.8 Å². The molecule has 0 saturated carbocycles. The number of benzene rings is 1. The molecule has 19 heavy (non-hydrogen) atoms. The van der Waals surface area contributed by atoms with Gasteiger partial charge in [-0.3, -0.25) is 9.59 Å². The number of nitrogens with one attached hydrogen (secondary N) is 1. The SMILES string of the molecule is COC(=O)CCNC(=O)C(C)Oc1cccc(Cl)c1. The van der Waals surface area contributed by atoms with Gasteiger partial charge in [-0.25, -0.2) is 0 Å². The first kappa shape index (κ1) is 15.3. The van der Waals surface area contributed by atoms with E-state index in [0.29, 0.717) is 10.8 Å². The summed E-state index contributed by atoms with van der Waals surface area (Å²) in [5.41, 5.74) is 0. The van der Waals surface area contributed by atoms with Crippen molar-refractivity contribution in [2.24, 2.45) is 0 Å². The predicted octanol–water partition coefficient (Wildman–Crippen LogP) is 1.79. The maximum Gasteiger partial charge on any atom is 0.307 e. The number of esters is 1. The van der Waals surface area contributed by atoms with E-state index >= 15 is 0 Å². The molecule has 0 fully saturated rings. The van der Waals surface area contributed by atoms with Crippen LogP contribution in [0.4, 0.5) is 0 Å². The summed E-state index contributed by atoms with van der Waals surface area (Å²) in [6.45, 7) is 1.84. The van der Waals surface area contributed by atoms with Gasteiger partial charge in [-0.2, -0.15) is 0 Å². The van der Waals surface area contributed by atoms with Gasteiger partial charge >= 0.3 is 5.97 Å². The second kappa shape index (κ2) is 7.63. The van der Waals surface area contributed by atoms with Crippen molar-refractivity contribution in [1.29, 1.82) is 0 Å². The second-order valence-electron chi connectivity index (χ2n) is 3.83. The molecule has 0 aliphatic rings. The molecule has 0 aliphatic carbocycles. The Kier molecular flexibility index (Phi) is 6.15. The Bertz CT molecular complexity index is 450. The van der Waals surface area contributed by atoms with E-state index in [1.807, 2.05) is 0 Å². The summed E-state index contributed by atoms with van der Waals surface area (Å²) in [5.74, 6) is -0.157. The standard InChI is InChI=1S/C13H16ClNO4/c1-9(13(17)15-7-6-12(16)18-2)19-11-5-3-4-10(14)8-11/h3-5,8-9H,6-7H2,1-2H3,(H,15,17). The van der Waals surface area contributed by atoms with Gasteiger partial charge in [0.1, 0.15) is 5.75 Å². The molecule has 0 spiro atoms. The molecule has 104 valence electrons. The summed E-state index contributed by atoms with van der Waals surface area (Å²) in [7, 11) is 1.30. The van der Waals surface area contributed by atoms with Gasteiger partial charge in [0.15, 0.2) is 6.10 Å². The van der Waals surface area contributed by atoms with Gasteiger partial charge in [-0.05, 0) is 25.1 Å². The zero-order valence-electron chi connectivity index (χ0n) is 10.8. The highest BCUT2D eigenvalue weighted by Crippen LogP contribution is 2.18. The van der Waals surface area contributed by atoms with E-state index in [0.717, 1.165) is 0 Å². The van der Waals surface area contributed by atoms with Crippen LogP contribution in [-0.4, -0.2) is 31.6 Å². The van der Waals surface area contributed by atoms with Crippen molar-refractivity contribution in [3.05, 3.63) is 29.3 Å². The number of rotatable bonds is 6. The minimum Gasteiger partial charge on any atom is -0.481 e. The van der Waals surface area contributed by atoms with Crippen LogP contribution in [0, 0.1) is 0 Å². The fraction of sp³-hybridized carbons (Fsp3) is 0.385. The molecular formula is C13H16ClNO4. The predicted molar refractivity (Wildman–Crippen MR) is 71.2 cm³/mol. The van der Waals surface area contributed by atoms with E-state index in [-0.39, 0.29) is 24.8 Å². The molecule has 1 aromatic carbocycles. The van der Waals surface area contributed by atoms with Crippen LogP contribution in [0.15, 0.2) is 24.3 Å². The normalized spacial score (nSPS) is 11.5. The van der Waals surface area contributed by atoms with E-state index in [1.54, 1.807) is 31.2 Å². The van der Waals surface area contributed by atoms with Crippen molar-refractivity contribution in [2.75, 3.05) is 13.7 Å².